The molecular formula is C38H36ClN5O4. The van der Waals surface area contributed by atoms with E-state index < -0.39 is 0 Å². The molecule has 1 amide bonds. The van der Waals surface area contributed by atoms with E-state index in [1.165, 1.54) is 12.3 Å². The lowest BCUT2D eigenvalue weighted by molar-refractivity contribution is -0.111. The monoisotopic (exact) mass is 661 g/mol. The largest absolute Gasteiger partial charge is 0.492 e. The minimum absolute atomic E-state index is 0.300. The van der Waals surface area contributed by atoms with Gasteiger partial charge in [0.05, 0.1) is 34.1 Å². The van der Waals surface area contributed by atoms with Crippen molar-refractivity contribution in [3.05, 3.63) is 125 Å². The van der Waals surface area contributed by atoms with Gasteiger partial charge in [-0.15, -0.1) is 0 Å². The van der Waals surface area contributed by atoms with E-state index in [0.717, 1.165) is 16.9 Å². The maximum absolute atomic E-state index is 12.7. The van der Waals surface area contributed by atoms with Crippen LogP contribution in [0, 0.1) is 11.3 Å². The van der Waals surface area contributed by atoms with Crippen molar-refractivity contribution in [3.8, 4) is 23.3 Å². The second-order valence-electron chi connectivity index (χ2n) is 11.1. The Labute approximate surface area is 285 Å². The predicted molar refractivity (Wildman–Crippen MR) is 190 cm³/mol. The molecule has 48 heavy (non-hydrogen) atoms. The lowest BCUT2D eigenvalue weighted by Gasteiger charge is -2.16. The third kappa shape index (κ3) is 9.04. The number of benzene rings is 4. The van der Waals surface area contributed by atoms with Gasteiger partial charge < -0.3 is 29.7 Å². The molecule has 0 fully saturated rings. The number of likely N-dealkylation sites (N-methyl/N-ethyl adjacent to an activating group) is 1. The molecule has 10 heteroatoms. The normalized spacial score (nSPS) is 11.0. The standard InChI is InChI=1S/C38H36ClN5O4/c1-4-46-36-21-33-31(20-34(36)43-37(45)11-8-18-44(2)3)38(28(22-40)23-41-33)42-29-14-17-35(32(39)19-29)48-25-27-12-15-30(16-13-27)47-24-26-9-6-5-7-10-26/h5-17,19-21,23H,4,18,24-25H2,1-3H3,(H,41,42)(H,43,45). The van der Waals surface area contributed by atoms with E-state index in [1.807, 2.05) is 86.6 Å². The highest BCUT2D eigenvalue weighted by Gasteiger charge is 2.16. The molecule has 0 unspecified atom stereocenters. The highest BCUT2D eigenvalue weighted by Crippen LogP contribution is 2.37. The molecule has 0 bridgehead atoms. The molecule has 5 aromatic rings. The van der Waals surface area contributed by atoms with Crippen LogP contribution in [-0.2, 0) is 18.0 Å². The summed E-state index contributed by atoms with van der Waals surface area (Å²) in [5.74, 6) is 1.46. The summed E-state index contributed by atoms with van der Waals surface area (Å²) in [6, 6.07) is 28.8. The van der Waals surface area contributed by atoms with Crippen LogP contribution in [0.2, 0.25) is 5.02 Å². The van der Waals surface area contributed by atoms with Crippen LogP contribution in [-0.4, -0.2) is 43.0 Å². The van der Waals surface area contributed by atoms with E-state index in [0.29, 0.717) is 76.4 Å². The van der Waals surface area contributed by atoms with Crippen LogP contribution in [0.3, 0.4) is 0 Å². The molecule has 0 saturated carbocycles. The van der Waals surface area contributed by atoms with E-state index in [2.05, 4.69) is 21.7 Å². The molecule has 0 radical (unpaired) electrons. The summed E-state index contributed by atoms with van der Waals surface area (Å²) in [4.78, 5) is 19.1. The van der Waals surface area contributed by atoms with Gasteiger partial charge >= 0.3 is 0 Å². The summed E-state index contributed by atoms with van der Waals surface area (Å²) in [6.07, 6.45) is 4.75. The van der Waals surface area contributed by atoms with Crippen molar-refractivity contribution in [3.63, 3.8) is 0 Å². The average Bonchev–Trinajstić information content (AvgIpc) is 3.08. The number of nitriles is 1. The minimum Gasteiger partial charge on any atom is -0.492 e. The Balaban J connectivity index is 1.30. The highest BCUT2D eigenvalue weighted by molar-refractivity contribution is 6.32. The van der Waals surface area contributed by atoms with Crippen LogP contribution >= 0.6 is 11.6 Å². The van der Waals surface area contributed by atoms with Crippen LogP contribution in [0.25, 0.3) is 10.9 Å². The molecule has 4 aromatic carbocycles. The zero-order chi connectivity index (χ0) is 33.9. The summed E-state index contributed by atoms with van der Waals surface area (Å²) in [6.45, 7) is 3.70. The number of aromatic nitrogens is 1. The summed E-state index contributed by atoms with van der Waals surface area (Å²) in [5, 5.41) is 17.2. The molecule has 0 spiro atoms. The minimum atomic E-state index is -0.300. The van der Waals surface area contributed by atoms with Gasteiger partial charge in [0.25, 0.3) is 0 Å². The Morgan fingerprint density at radius 3 is 2.40 bits per heavy atom. The predicted octanol–water partition coefficient (Wildman–Crippen LogP) is 8.12. The van der Waals surface area contributed by atoms with Crippen LogP contribution in [0.1, 0.15) is 23.6 Å². The first-order chi connectivity index (χ1) is 23.3. The Bertz CT molecular complexity index is 1940. The lowest BCUT2D eigenvalue weighted by Crippen LogP contribution is -2.13. The molecule has 2 N–H and O–H groups in total. The fourth-order valence-corrected chi connectivity index (χ4v) is 5.02. The molecule has 1 heterocycles. The zero-order valence-corrected chi connectivity index (χ0v) is 27.8. The molecule has 244 valence electrons. The highest BCUT2D eigenvalue weighted by atomic mass is 35.5. The van der Waals surface area contributed by atoms with Crippen LogP contribution < -0.4 is 24.8 Å². The Kier molecular flexibility index (Phi) is 11.5. The number of halogens is 1. The van der Waals surface area contributed by atoms with Gasteiger partial charge in [-0.3, -0.25) is 9.78 Å². The summed E-state index contributed by atoms with van der Waals surface area (Å²) in [7, 11) is 3.84. The molecular weight excluding hydrogens is 626 g/mol. The first-order valence-electron chi connectivity index (χ1n) is 15.4. The number of amides is 1. The molecule has 9 nitrogen and oxygen atoms in total. The van der Waals surface area contributed by atoms with E-state index >= 15 is 0 Å². The number of ether oxygens (including phenoxy) is 3. The average molecular weight is 662 g/mol. The number of rotatable bonds is 14. The number of carbonyl (C=O) groups is 1. The van der Waals surface area contributed by atoms with Gasteiger partial charge in [0.15, 0.2) is 0 Å². The smallest absolute Gasteiger partial charge is 0.248 e. The quantitative estimate of drug-likeness (QED) is 0.115. The second-order valence-corrected chi connectivity index (χ2v) is 11.5. The van der Waals surface area contributed by atoms with Gasteiger partial charge in [-0.2, -0.15) is 5.26 Å². The summed E-state index contributed by atoms with van der Waals surface area (Å²) < 4.78 is 17.7. The van der Waals surface area contributed by atoms with Gasteiger partial charge in [-0.05, 0) is 68.5 Å². The van der Waals surface area contributed by atoms with E-state index in [4.69, 9.17) is 25.8 Å². The topological polar surface area (TPSA) is 109 Å². The first-order valence-corrected chi connectivity index (χ1v) is 15.8. The number of nitrogens with one attached hydrogen (secondary N) is 2. The number of hydrogen-bond donors (Lipinski definition) is 2. The molecule has 1 aromatic heterocycles. The molecule has 0 aliphatic rings. The van der Waals surface area contributed by atoms with Gasteiger partial charge in [-0.25, -0.2) is 0 Å². The summed E-state index contributed by atoms with van der Waals surface area (Å²) >= 11 is 6.64. The molecule has 5 rings (SSSR count). The van der Waals surface area contributed by atoms with Crippen molar-refractivity contribution >= 4 is 45.5 Å². The molecule has 0 aliphatic carbocycles. The maximum atomic E-state index is 12.7. The van der Waals surface area contributed by atoms with Crippen molar-refractivity contribution in [1.29, 1.82) is 5.26 Å². The van der Waals surface area contributed by atoms with Crippen molar-refractivity contribution in [2.45, 2.75) is 20.1 Å². The fourth-order valence-electron chi connectivity index (χ4n) is 4.78. The third-order valence-corrected chi connectivity index (χ3v) is 7.45. The van der Waals surface area contributed by atoms with Gasteiger partial charge in [0.1, 0.15) is 36.5 Å². The summed E-state index contributed by atoms with van der Waals surface area (Å²) in [5.41, 5.74) is 4.59. The lowest BCUT2D eigenvalue weighted by atomic mass is 10.1. The SMILES string of the molecule is CCOc1cc2ncc(C#N)c(Nc3ccc(OCc4ccc(OCc5ccccc5)cc4)c(Cl)c3)c2cc1NC(=O)C=CCN(C)C. The molecule has 0 aliphatic heterocycles. The van der Waals surface area contributed by atoms with Gasteiger partial charge in [0.2, 0.25) is 5.91 Å². The van der Waals surface area contributed by atoms with Gasteiger partial charge in [-0.1, -0.05) is 60.1 Å². The number of anilines is 3. The zero-order valence-electron chi connectivity index (χ0n) is 27.0. The van der Waals surface area contributed by atoms with Crippen molar-refractivity contribution < 1.29 is 19.0 Å². The van der Waals surface area contributed by atoms with E-state index in [-0.39, 0.29) is 5.91 Å². The Hall–Kier alpha value is -5.56. The number of carbonyl (C=O) groups excluding carboxylic acids is 1. The van der Waals surface area contributed by atoms with Crippen molar-refractivity contribution in [2.75, 3.05) is 37.9 Å². The number of pyridine rings is 1. The van der Waals surface area contributed by atoms with Crippen LogP contribution in [0.5, 0.6) is 17.2 Å². The maximum Gasteiger partial charge on any atom is 0.248 e. The van der Waals surface area contributed by atoms with Crippen molar-refractivity contribution in [1.82, 2.24) is 9.88 Å². The van der Waals surface area contributed by atoms with Crippen molar-refractivity contribution in [2.24, 2.45) is 0 Å². The van der Waals surface area contributed by atoms with Crippen LogP contribution in [0.4, 0.5) is 17.1 Å². The van der Waals surface area contributed by atoms with Gasteiger partial charge in [0, 0.05) is 36.0 Å². The molecule has 0 atom stereocenters. The van der Waals surface area contributed by atoms with E-state index in [1.54, 1.807) is 30.3 Å². The first kappa shape index (κ1) is 33.8. The molecule has 0 saturated heterocycles. The van der Waals surface area contributed by atoms with E-state index in [9.17, 15) is 10.1 Å². The number of fused-ring (bicyclic) bond motifs is 1. The van der Waals surface area contributed by atoms with Crippen LogP contribution in [0.15, 0.2) is 103 Å². The Morgan fingerprint density at radius 2 is 1.69 bits per heavy atom. The third-order valence-electron chi connectivity index (χ3n) is 7.15. The number of nitrogens with zero attached hydrogens (tertiary/aromatic N) is 3. The fraction of sp³-hybridized carbons (Fsp3) is 0.184. The second kappa shape index (κ2) is 16.3. The Morgan fingerprint density at radius 1 is 0.938 bits per heavy atom. The number of hydrogen-bond acceptors (Lipinski definition) is 8.